The van der Waals surface area contributed by atoms with Crippen molar-refractivity contribution in [2.75, 3.05) is 7.05 Å². The predicted octanol–water partition coefficient (Wildman–Crippen LogP) is 3.84. The van der Waals surface area contributed by atoms with Crippen molar-refractivity contribution in [3.8, 4) is 0 Å². The molecule has 4 nitrogen and oxygen atoms in total. The molecule has 26 heavy (non-hydrogen) atoms. The van der Waals surface area contributed by atoms with Crippen LogP contribution in [0, 0.1) is 5.82 Å². The number of nitrogens with zero attached hydrogens (tertiary/aromatic N) is 1. The van der Waals surface area contributed by atoms with E-state index in [4.69, 9.17) is 23.2 Å². The van der Waals surface area contributed by atoms with Gasteiger partial charge in [-0.05, 0) is 36.2 Å². The van der Waals surface area contributed by atoms with Gasteiger partial charge >= 0.3 is 0 Å². The van der Waals surface area contributed by atoms with E-state index in [2.05, 4.69) is 5.32 Å². The fourth-order valence-electron chi connectivity index (χ4n) is 2.53. The van der Waals surface area contributed by atoms with Gasteiger partial charge in [0.15, 0.2) is 0 Å². The molecule has 7 heteroatoms. The van der Waals surface area contributed by atoms with Crippen LogP contribution >= 0.6 is 23.2 Å². The number of hydrogen-bond acceptors (Lipinski definition) is 2. The van der Waals surface area contributed by atoms with E-state index in [1.54, 1.807) is 43.3 Å². The minimum atomic E-state index is -0.744. The zero-order chi connectivity index (χ0) is 19.3. The second-order valence-corrected chi connectivity index (χ2v) is 6.66. The van der Waals surface area contributed by atoms with E-state index in [9.17, 15) is 14.0 Å². The molecule has 0 aliphatic rings. The molecular formula is C19H19Cl2FN2O2. The maximum Gasteiger partial charge on any atom is 0.242 e. The molecule has 0 aromatic heterocycles. The van der Waals surface area contributed by atoms with Gasteiger partial charge in [-0.15, -0.1) is 0 Å². The maximum atomic E-state index is 13.9. The van der Waals surface area contributed by atoms with Crippen LogP contribution in [0.4, 0.5) is 4.39 Å². The van der Waals surface area contributed by atoms with Crippen molar-refractivity contribution in [1.82, 2.24) is 10.2 Å². The predicted molar refractivity (Wildman–Crippen MR) is 101 cm³/mol. The van der Waals surface area contributed by atoms with Crippen LogP contribution in [0.2, 0.25) is 10.0 Å². The first kappa shape index (κ1) is 20.2. The van der Waals surface area contributed by atoms with Gasteiger partial charge in [0.05, 0.1) is 6.42 Å². The normalized spacial score (nSPS) is 11.7. The number of likely N-dealkylation sites (N-methyl/N-ethyl adjacent to an activating group) is 1. The van der Waals surface area contributed by atoms with Crippen LogP contribution < -0.4 is 5.32 Å². The summed E-state index contributed by atoms with van der Waals surface area (Å²) in [6.45, 7) is 1.72. The number of amides is 2. The summed E-state index contributed by atoms with van der Waals surface area (Å²) >= 11 is 12.1. The third-order valence-electron chi connectivity index (χ3n) is 4.07. The second-order valence-electron chi connectivity index (χ2n) is 5.82. The summed E-state index contributed by atoms with van der Waals surface area (Å²) in [7, 11) is 1.49. The molecule has 1 atom stereocenters. The van der Waals surface area contributed by atoms with Crippen LogP contribution in [0.15, 0.2) is 42.5 Å². The molecule has 2 aromatic carbocycles. The summed E-state index contributed by atoms with van der Waals surface area (Å²) in [6, 6.07) is 10.2. The van der Waals surface area contributed by atoms with Gasteiger partial charge in [0.2, 0.25) is 11.8 Å². The number of nitrogens with one attached hydrogen (secondary N) is 1. The van der Waals surface area contributed by atoms with Gasteiger partial charge in [-0.1, -0.05) is 47.5 Å². The highest BCUT2D eigenvalue weighted by Gasteiger charge is 2.26. The molecule has 0 radical (unpaired) electrons. The molecule has 0 bridgehead atoms. The molecule has 2 aromatic rings. The quantitative estimate of drug-likeness (QED) is 0.806. The van der Waals surface area contributed by atoms with Crippen molar-refractivity contribution in [2.24, 2.45) is 0 Å². The average Bonchev–Trinajstić information content (AvgIpc) is 2.61. The monoisotopic (exact) mass is 396 g/mol. The van der Waals surface area contributed by atoms with Gasteiger partial charge in [-0.25, -0.2) is 4.39 Å². The van der Waals surface area contributed by atoms with E-state index >= 15 is 0 Å². The SMILES string of the molecule is CNC(=O)[C@@H](C)N(Cc1ccc(Cl)cc1Cl)C(=O)Cc1ccccc1F. The van der Waals surface area contributed by atoms with Crippen LogP contribution in [-0.4, -0.2) is 29.8 Å². The van der Waals surface area contributed by atoms with E-state index in [1.165, 1.54) is 18.0 Å². The highest BCUT2D eigenvalue weighted by Crippen LogP contribution is 2.23. The third-order valence-corrected chi connectivity index (χ3v) is 4.66. The lowest BCUT2D eigenvalue weighted by Gasteiger charge is -2.29. The van der Waals surface area contributed by atoms with Gasteiger partial charge in [0, 0.05) is 23.6 Å². The lowest BCUT2D eigenvalue weighted by molar-refractivity contribution is -0.139. The Kier molecular flexibility index (Phi) is 7.00. The summed E-state index contributed by atoms with van der Waals surface area (Å²) in [6.07, 6.45) is -0.154. The van der Waals surface area contributed by atoms with Crippen molar-refractivity contribution in [3.63, 3.8) is 0 Å². The van der Waals surface area contributed by atoms with Gasteiger partial charge in [0.25, 0.3) is 0 Å². The molecule has 0 spiro atoms. The fourth-order valence-corrected chi connectivity index (χ4v) is 3.00. The zero-order valence-corrected chi connectivity index (χ0v) is 15.9. The molecule has 0 fully saturated rings. The molecule has 0 saturated carbocycles. The number of carbonyl (C=O) groups is 2. The van der Waals surface area contributed by atoms with Gasteiger partial charge < -0.3 is 10.2 Å². The number of benzene rings is 2. The Balaban J connectivity index is 2.29. The third kappa shape index (κ3) is 4.96. The number of carbonyl (C=O) groups excluding carboxylic acids is 2. The van der Waals surface area contributed by atoms with Gasteiger partial charge in [-0.2, -0.15) is 0 Å². The van der Waals surface area contributed by atoms with Crippen LogP contribution in [0.1, 0.15) is 18.1 Å². The minimum Gasteiger partial charge on any atom is -0.357 e. The smallest absolute Gasteiger partial charge is 0.242 e. The van der Waals surface area contributed by atoms with Gasteiger partial charge in [0.1, 0.15) is 11.9 Å². The minimum absolute atomic E-state index is 0.109. The molecule has 0 saturated heterocycles. The topological polar surface area (TPSA) is 49.4 Å². The zero-order valence-electron chi connectivity index (χ0n) is 14.4. The molecule has 1 N–H and O–H groups in total. The average molecular weight is 397 g/mol. The summed E-state index contributed by atoms with van der Waals surface area (Å²) in [5.74, 6) is -1.16. The lowest BCUT2D eigenvalue weighted by atomic mass is 10.1. The largest absolute Gasteiger partial charge is 0.357 e. The molecule has 0 aliphatic heterocycles. The van der Waals surface area contributed by atoms with Crippen molar-refractivity contribution >= 4 is 35.0 Å². The molecule has 2 amide bonds. The van der Waals surface area contributed by atoms with Crippen LogP contribution in [0.3, 0.4) is 0 Å². The standard InChI is InChI=1S/C19H19Cl2FN2O2/c1-12(19(26)23-2)24(11-14-7-8-15(20)10-16(14)21)18(25)9-13-5-3-4-6-17(13)22/h3-8,10,12H,9,11H2,1-2H3,(H,23,26)/t12-/m1/s1. The van der Waals surface area contributed by atoms with E-state index in [0.29, 0.717) is 15.6 Å². The molecule has 2 rings (SSSR count). The number of hydrogen-bond donors (Lipinski definition) is 1. The Morgan fingerprint density at radius 2 is 1.85 bits per heavy atom. The molecule has 0 aliphatic carbocycles. The first-order valence-electron chi connectivity index (χ1n) is 8.02. The Labute approximate surface area is 161 Å². The van der Waals surface area contributed by atoms with Crippen molar-refractivity contribution in [2.45, 2.75) is 25.9 Å². The first-order valence-corrected chi connectivity index (χ1v) is 8.77. The molecule has 0 heterocycles. The molecular weight excluding hydrogens is 378 g/mol. The maximum absolute atomic E-state index is 13.9. The van der Waals surface area contributed by atoms with Crippen molar-refractivity contribution in [3.05, 3.63) is 69.5 Å². The van der Waals surface area contributed by atoms with E-state index in [0.717, 1.165) is 0 Å². The van der Waals surface area contributed by atoms with Crippen molar-refractivity contribution in [1.29, 1.82) is 0 Å². The van der Waals surface area contributed by atoms with E-state index in [-0.39, 0.29) is 30.3 Å². The number of rotatable bonds is 6. The van der Waals surface area contributed by atoms with Crippen LogP contribution in [0.25, 0.3) is 0 Å². The highest BCUT2D eigenvalue weighted by molar-refractivity contribution is 6.35. The Hall–Kier alpha value is -2.11. The van der Waals surface area contributed by atoms with Crippen LogP contribution in [-0.2, 0) is 22.6 Å². The first-order chi connectivity index (χ1) is 12.3. The number of halogens is 3. The van der Waals surface area contributed by atoms with Gasteiger partial charge in [-0.3, -0.25) is 9.59 Å². The Morgan fingerprint density at radius 1 is 1.15 bits per heavy atom. The van der Waals surface area contributed by atoms with Crippen molar-refractivity contribution < 1.29 is 14.0 Å². The lowest BCUT2D eigenvalue weighted by Crippen LogP contribution is -2.47. The second kappa shape index (κ2) is 9.01. The van der Waals surface area contributed by atoms with Crippen LogP contribution in [0.5, 0.6) is 0 Å². The summed E-state index contributed by atoms with van der Waals surface area (Å²) in [5.41, 5.74) is 0.919. The molecule has 0 unspecified atom stereocenters. The summed E-state index contributed by atoms with van der Waals surface area (Å²) in [5, 5.41) is 3.39. The fraction of sp³-hybridized carbons (Fsp3) is 0.263. The Morgan fingerprint density at radius 3 is 2.46 bits per heavy atom. The van der Waals surface area contributed by atoms with E-state index in [1.807, 2.05) is 0 Å². The molecule has 138 valence electrons. The van der Waals surface area contributed by atoms with E-state index < -0.39 is 11.9 Å². The highest BCUT2D eigenvalue weighted by atomic mass is 35.5. The summed E-state index contributed by atoms with van der Waals surface area (Å²) in [4.78, 5) is 26.3. The Bertz CT molecular complexity index is 814. The summed E-state index contributed by atoms with van der Waals surface area (Å²) < 4.78 is 13.9.